The van der Waals surface area contributed by atoms with Crippen molar-refractivity contribution in [1.29, 1.82) is 0 Å². The smallest absolute Gasteiger partial charge is 0.318 e. The fraction of sp³-hybridized carbons (Fsp3) is 0.611. The number of fused-ring (bicyclic) bond motifs is 1. The minimum absolute atomic E-state index is 0.0498. The zero-order valence-corrected chi connectivity index (χ0v) is 14.0. The van der Waals surface area contributed by atoms with E-state index in [1.807, 2.05) is 4.90 Å². The molecular weight excluding hydrogens is 306 g/mol. The summed E-state index contributed by atoms with van der Waals surface area (Å²) < 4.78 is 10.9. The zero-order valence-electron chi connectivity index (χ0n) is 14.0. The molecule has 0 aromatic heterocycles. The van der Waals surface area contributed by atoms with Crippen LogP contribution in [0, 0.1) is 0 Å². The highest BCUT2D eigenvalue weighted by Crippen LogP contribution is 2.29. The van der Waals surface area contributed by atoms with Gasteiger partial charge in [0.1, 0.15) is 19.1 Å². The molecule has 2 amide bonds. The van der Waals surface area contributed by atoms with Crippen LogP contribution < -0.4 is 10.2 Å². The number of carbonyl (C=O) groups is 1. The van der Waals surface area contributed by atoms with Crippen LogP contribution in [0.4, 0.5) is 4.79 Å². The first-order valence-electron chi connectivity index (χ1n) is 8.96. The zero-order chi connectivity index (χ0) is 16.4. The summed E-state index contributed by atoms with van der Waals surface area (Å²) in [5, 5.41) is 3.31. The molecule has 1 aromatic carbocycles. The second kappa shape index (κ2) is 7.09. The summed E-state index contributed by atoms with van der Waals surface area (Å²) in [5.41, 5.74) is 2.76. The molecule has 0 unspecified atom stereocenters. The summed E-state index contributed by atoms with van der Waals surface area (Å²) in [4.78, 5) is 16.1. The van der Waals surface area contributed by atoms with Gasteiger partial charge < -0.3 is 24.6 Å². The number of rotatable bonds is 2. The average Bonchev–Trinajstić information content (AvgIpc) is 3.01. The second-order valence-electron chi connectivity index (χ2n) is 6.81. The van der Waals surface area contributed by atoms with Crippen LogP contribution in [0.3, 0.4) is 0 Å². The highest BCUT2D eigenvalue weighted by Gasteiger charge is 2.41. The Balaban J connectivity index is 1.51. The van der Waals surface area contributed by atoms with E-state index in [1.165, 1.54) is 16.0 Å². The lowest BCUT2D eigenvalue weighted by atomic mass is 10.0. The largest absolute Gasteiger partial charge is 0.378 e. The molecule has 2 atom stereocenters. The van der Waals surface area contributed by atoms with Crippen LogP contribution >= 0.6 is 0 Å². The normalized spacial score (nSPS) is 27.8. The van der Waals surface area contributed by atoms with Gasteiger partial charge in [0.25, 0.3) is 0 Å². The summed E-state index contributed by atoms with van der Waals surface area (Å²) >= 11 is 0. The molecule has 2 fully saturated rings. The fourth-order valence-corrected chi connectivity index (χ4v) is 4.19. The number of ether oxygens (including phenoxy) is 2. The molecule has 1 aromatic rings. The number of urea groups is 1. The third-order valence-corrected chi connectivity index (χ3v) is 5.41. The SMILES string of the molecule is O=C(N[C@@H]1Cc2ccccc2[C@H]1[NH+]1CCOCC1)N1CCOCC1. The predicted molar refractivity (Wildman–Crippen MR) is 89.1 cm³/mol. The van der Waals surface area contributed by atoms with Crippen molar-refractivity contribution < 1.29 is 19.2 Å². The molecule has 2 N–H and O–H groups in total. The van der Waals surface area contributed by atoms with Crippen LogP contribution in [0.15, 0.2) is 24.3 Å². The van der Waals surface area contributed by atoms with Gasteiger partial charge in [-0.1, -0.05) is 24.3 Å². The quantitative estimate of drug-likeness (QED) is 0.776. The second-order valence-corrected chi connectivity index (χ2v) is 6.81. The van der Waals surface area contributed by atoms with Gasteiger partial charge in [-0.3, -0.25) is 0 Å². The molecular formula is C18H26N3O3+. The molecule has 0 bridgehead atoms. The first-order valence-corrected chi connectivity index (χ1v) is 8.96. The monoisotopic (exact) mass is 332 g/mol. The van der Waals surface area contributed by atoms with Gasteiger partial charge in [-0.15, -0.1) is 0 Å². The number of quaternary nitrogens is 1. The Labute approximate surface area is 142 Å². The summed E-state index contributed by atoms with van der Waals surface area (Å²) in [5.74, 6) is 0. The van der Waals surface area contributed by atoms with Crippen molar-refractivity contribution in [3.8, 4) is 0 Å². The standard InChI is InChI=1S/C18H25N3O3/c22-18(21-7-11-24-12-8-21)19-16-13-14-3-1-2-4-15(14)17(16)20-5-9-23-10-6-20/h1-4,16-17H,5-13H2,(H,19,22)/p+1/t16-,17-/m1/s1. The van der Waals surface area contributed by atoms with Crippen molar-refractivity contribution in [2.75, 3.05) is 52.6 Å². The molecule has 2 heterocycles. The maximum atomic E-state index is 12.7. The molecule has 6 nitrogen and oxygen atoms in total. The molecule has 4 rings (SSSR count). The highest BCUT2D eigenvalue weighted by atomic mass is 16.5. The van der Waals surface area contributed by atoms with Gasteiger partial charge >= 0.3 is 6.03 Å². The lowest BCUT2D eigenvalue weighted by Gasteiger charge is -2.35. The van der Waals surface area contributed by atoms with Crippen LogP contribution in [0.5, 0.6) is 0 Å². The Morgan fingerprint density at radius 3 is 2.58 bits per heavy atom. The van der Waals surface area contributed by atoms with Crippen LogP contribution in [0.2, 0.25) is 0 Å². The van der Waals surface area contributed by atoms with Crippen molar-refractivity contribution in [3.05, 3.63) is 35.4 Å². The number of benzene rings is 1. The molecule has 2 saturated heterocycles. The molecule has 0 saturated carbocycles. The van der Waals surface area contributed by atoms with Crippen LogP contribution in [-0.4, -0.2) is 69.6 Å². The highest BCUT2D eigenvalue weighted by molar-refractivity contribution is 5.75. The third kappa shape index (κ3) is 3.14. The van der Waals surface area contributed by atoms with E-state index < -0.39 is 0 Å². The van der Waals surface area contributed by atoms with Crippen LogP contribution in [0.25, 0.3) is 0 Å². The van der Waals surface area contributed by atoms with Crippen molar-refractivity contribution in [1.82, 2.24) is 10.2 Å². The Morgan fingerprint density at radius 2 is 1.79 bits per heavy atom. The maximum absolute atomic E-state index is 12.7. The first-order chi connectivity index (χ1) is 11.8. The van der Waals surface area contributed by atoms with Gasteiger partial charge in [0.05, 0.1) is 32.5 Å². The van der Waals surface area contributed by atoms with E-state index in [-0.39, 0.29) is 12.1 Å². The molecule has 6 heteroatoms. The number of hydrogen-bond donors (Lipinski definition) is 2. The molecule has 130 valence electrons. The van der Waals surface area contributed by atoms with E-state index in [4.69, 9.17) is 9.47 Å². The Bertz CT molecular complexity index is 583. The number of nitrogens with one attached hydrogen (secondary N) is 2. The lowest BCUT2D eigenvalue weighted by molar-refractivity contribution is -0.939. The van der Waals surface area contributed by atoms with Gasteiger partial charge in [0.15, 0.2) is 0 Å². The summed E-state index contributed by atoms with van der Waals surface area (Å²) in [6.07, 6.45) is 0.918. The van der Waals surface area contributed by atoms with Crippen LogP contribution in [-0.2, 0) is 15.9 Å². The molecule has 0 radical (unpaired) electrons. The van der Waals surface area contributed by atoms with Gasteiger partial charge in [-0.25, -0.2) is 4.79 Å². The van der Waals surface area contributed by atoms with Crippen molar-refractivity contribution in [2.24, 2.45) is 0 Å². The Hall–Kier alpha value is -1.63. The third-order valence-electron chi connectivity index (χ3n) is 5.41. The summed E-state index contributed by atoms with van der Waals surface area (Å²) in [6, 6.07) is 9.16. The van der Waals surface area contributed by atoms with E-state index in [1.54, 1.807) is 0 Å². The lowest BCUT2D eigenvalue weighted by Crippen LogP contribution is -3.15. The van der Waals surface area contributed by atoms with Crippen molar-refractivity contribution in [3.63, 3.8) is 0 Å². The summed E-state index contributed by atoms with van der Waals surface area (Å²) in [7, 11) is 0. The number of carbonyl (C=O) groups excluding carboxylic acids is 1. The Kier molecular flexibility index (Phi) is 4.69. The van der Waals surface area contributed by atoms with Crippen molar-refractivity contribution in [2.45, 2.75) is 18.5 Å². The van der Waals surface area contributed by atoms with Gasteiger partial charge in [0.2, 0.25) is 0 Å². The average molecular weight is 332 g/mol. The molecule has 3 aliphatic rings. The topological polar surface area (TPSA) is 55.2 Å². The number of amides is 2. The maximum Gasteiger partial charge on any atom is 0.318 e. The number of morpholine rings is 2. The molecule has 0 spiro atoms. The van der Waals surface area contributed by atoms with E-state index >= 15 is 0 Å². The van der Waals surface area contributed by atoms with Gasteiger partial charge in [0, 0.05) is 18.7 Å². The van der Waals surface area contributed by atoms with E-state index in [0.29, 0.717) is 32.3 Å². The number of nitrogens with zero attached hydrogens (tertiary/aromatic N) is 1. The number of hydrogen-bond acceptors (Lipinski definition) is 3. The minimum atomic E-state index is 0.0498. The predicted octanol–water partition coefficient (Wildman–Crippen LogP) is -0.391. The molecule has 2 aliphatic heterocycles. The van der Waals surface area contributed by atoms with Crippen LogP contribution in [0.1, 0.15) is 17.2 Å². The van der Waals surface area contributed by atoms with Gasteiger partial charge in [-0.05, 0) is 12.0 Å². The fourth-order valence-electron chi connectivity index (χ4n) is 4.19. The van der Waals surface area contributed by atoms with E-state index in [0.717, 1.165) is 32.7 Å². The Morgan fingerprint density at radius 1 is 1.08 bits per heavy atom. The van der Waals surface area contributed by atoms with Gasteiger partial charge in [-0.2, -0.15) is 0 Å². The first kappa shape index (κ1) is 15.9. The van der Waals surface area contributed by atoms with Crippen molar-refractivity contribution >= 4 is 6.03 Å². The summed E-state index contributed by atoms with van der Waals surface area (Å²) in [6.45, 7) is 6.25. The molecule has 24 heavy (non-hydrogen) atoms. The van der Waals surface area contributed by atoms with E-state index in [2.05, 4.69) is 29.6 Å². The minimum Gasteiger partial charge on any atom is -0.378 e. The molecule has 1 aliphatic carbocycles. The van der Waals surface area contributed by atoms with E-state index in [9.17, 15) is 4.79 Å².